The van der Waals surface area contributed by atoms with Gasteiger partial charge in [0.2, 0.25) is 5.91 Å². The molecule has 0 saturated carbocycles. The molecule has 176 valence electrons. The summed E-state index contributed by atoms with van der Waals surface area (Å²) in [6, 6.07) is 22.1. The number of nitrogens with one attached hydrogen (secondary N) is 1. The number of hydrazone groups is 1. The minimum atomic E-state index is -0.214. The number of hydrogen-bond donors (Lipinski definition) is 1. The van der Waals surface area contributed by atoms with Crippen molar-refractivity contribution < 1.29 is 13.9 Å². The lowest BCUT2D eigenvalue weighted by Crippen LogP contribution is -2.46. The van der Waals surface area contributed by atoms with Crippen molar-refractivity contribution in [2.45, 2.75) is 13.0 Å². The van der Waals surface area contributed by atoms with Gasteiger partial charge in [-0.25, -0.2) is 9.82 Å². The van der Waals surface area contributed by atoms with Crippen LogP contribution in [0.2, 0.25) is 0 Å². The molecule has 34 heavy (non-hydrogen) atoms. The molecule has 0 unspecified atom stereocenters. The minimum absolute atomic E-state index is 0.157. The van der Waals surface area contributed by atoms with Gasteiger partial charge in [-0.15, -0.1) is 0 Å². The number of nitrogens with zero attached hydrogens (tertiary/aromatic N) is 3. The largest absolute Gasteiger partial charge is 0.496 e. The van der Waals surface area contributed by atoms with E-state index < -0.39 is 0 Å². The van der Waals surface area contributed by atoms with Crippen molar-refractivity contribution in [1.29, 1.82) is 0 Å². The van der Waals surface area contributed by atoms with Crippen LogP contribution < -0.4 is 15.1 Å². The number of piperazine rings is 1. The number of ether oxygens (including phenoxy) is 1. The summed E-state index contributed by atoms with van der Waals surface area (Å²) in [5.41, 5.74) is 6.54. The van der Waals surface area contributed by atoms with E-state index in [9.17, 15) is 9.18 Å². The van der Waals surface area contributed by atoms with E-state index in [4.69, 9.17) is 4.74 Å². The first-order chi connectivity index (χ1) is 16.6. The highest BCUT2D eigenvalue weighted by Crippen LogP contribution is 2.23. The molecule has 1 fully saturated rings. The monoisotopic (exact) mass is 460 g/mol. The van der Waals surface area contributed by atoms with Crippen LogP contribution in [0.15, 0.2) is 77.9 Å². The van der Waals surface area contributed by atoms with Crippen molar-refractivity contribution in [1.82, 2.24) is 10.3 Å². The molecule has 3 aromatic rings. The zero-order chi connectivity index (χ0) is 23.8. The molecule has 1 saturated heterocycles. The SMILES string of the molecule is COc1ccc(C=NNC(=O)Cc2ccccc2)cc1CN1CCN(c2ccc(F)cc2)CC1. The number of methoxy groups -OCH3 is 1. The number of anilines is 1. The van der Waals surface area contributed by atoms with E-state index in [-0.39, 0.29) is 18.1 Å². The number of halogens is 1. The molecule has 1 amide bonds. The van der Waals surface area contributed by atoms with Crippen molar-refractivity contribution in [2.24, 2.45) is 5.10 Å². The first-order valence-electron chi connectivity index (χ1n) is 11.4. The fourth-order valence-electron chi connectivity index (χ4n) is 4.06. The minimum Gasteiger partial charge on any atom is -0.496 e. The van der Waals surface area contributed by atoms with Crippen LogP contribution in [0.4, 0.5) is 10.1 Å². The molecule has 1 N–H and O–H groups in total. The number of benzene rings is 3. The van der Waals surface area contributed by atoms with Gasteiger partial charge in [-0.3, -0.25) is 9.69 Å². The van der Waals surface area contributed by atoms with Crippen LogP contribution in [0, 0.1) is 5.82 Å². The summed E-state index contributed by atoms with van der Waals surface area (Å²) in [6.45, 7) is 4.30. The van der Waals surface area contributed by atoms with Gasteiger partial charge in [-0.1, -0.05) is 30.3 Å². The maximum Gasteiger partial charge on any atom is 0.244 e. The molecule has 0 radical (unpaired) electrons. The first-order valence-corrected chi connectivity index (χ1v) is 11.4. The Morgan fingerprint density at radius 2 is 1.76 bits per heavy atom. The molecule has 0 atom stereocenters. The van der Waals surface area contributed by atoms with Crippen LogP contribution in [-0.4, -0.2) is 50.3 Å². The molecule has 0 aromatic heterocycles. The highest BCUT2D eigenvalue weighted by molar-refractivity contribution is 5.83. The zero-order valence-corrected chi connectivity index (χ0v) is 19.3. The number of amides is 1. The summed E-state index contributed by atoms with van der Waals surface area (Å²) in [5.74, 6) is 0.454. The second-order valence-electron chi connectivity index (χ2n) is 8.27. The molecule has 1 aliphatic rings. The Morgan fingerprint density at radius 3 is 2.47 bits per heavy atom. The molecule has 3 aromatic carbocycles. The molecule has 0 bridgehead atoms. The number of carbonyl (C=O) groups excluding carboxylic acids is 1. The summed E-state index contributed by atoms with van der Waals surface area (Å²) in [6.07, 6.45) is 1.94. The Kier molecular flexibility index (Phi) is 7.88. The number of rotatable bonds is 8. The van der Waals surface area contributed by atoms with Gasteiger partial charge in [0.05, 0.1) is 19.7 Å². The molecule has 0 aliphatic carbocycles. The topological polar surface area (TPSA) is 57.2 Å². The highest BCUT2D eigenvalue weighted by atomic mass is 19.1. The van der Waals surface area contributed by atoms with Crippen molar-refractivity contribution in [2.75, 3.05) is 38.2 Å². The third kappa shape index (κ3) is 6.42. The standard InChI is InChI=1S/C27H29FN4O2/c1-34-26-12-7-22(19-29-30-27(33)18-21-5-3-2-4-6-21)17-23(26)20-31-13-15-32(16-14-31)25-10-8-24(28)9-11-25/h2-12,17,19H,13-16,18,20H2,1H3,(H,30,33). The first kappa shape index (κ1) is 23.4. The van der Waals surface area contributed by atoms with Gasteiger partial charge in [0.15, 0.2) is 0 Å². The molecular weight excluding hydrogens is 431 g/mol. The Morgan fingerprint density at radius 1 is 1.03 bits per heavy atom. The zero-order valence-electron chi connectivity index (χ0n) is 19.3. The van der Waals surface area contributed by atoms with E-state index in [1.165, 1.54) is 12.1 Å². The van der Waals surface area contributed by atoms with Gasteiger partial charge in [-0.05, 0) is 53.6 Å². The van der Waals surface area contributed by atoms with Gasteiger partial charge in [0.1, 0.15) is 11.6 Å². The van der Waals surface area contributed by atoms with Crippen LogP contribution in [0.25, 0.3) is 0 Å². The van der Waals surface area contributed by atoms with E-state index in [0.717, 1.165) is 60.9 Å². The van der Waals surface area contributed by atoms with Crippen LogP contribution >= 0.6 is 0 Å². The van der Waals surface area contributed by atoms with Crippen molar-refractivity contribution >= 4 is 17.8 Å². The van der Waals surface area contributed by atoms with Crippen LogP contribution in [-0.2, 0) is 17.8 Å². The molecule has 1 heterocycles. The second kappa shape index (κ2) is 11.4. The Hall–Kier alpha value is -3.71. The fraction of sp³-hybridized carbons (Fsp3) is 0.259. The lowest BCUT2D eigenvalue weighted by molar-refractivity contribution is -0.120. The molecule has 4 rings (SSSR count). The normalized spacial score (nSPS) is 14.4. The number of carbonyl (C=O) groups is 1. The van der Waals surface area contributed by atoms with Gasteiger partial charge < -0.3 is 9.64 Å². The van der Waals surface area contributed by atoms with E-state index >= 15 is 0 Å². The van der Waals surface area contributed by atoms with Gasteiger partial charge in [0, 0.05) is 44.0 Å². The lowest BCUT2D eigenvalue weighted by atomic mass is 10.1. The quantitative estimate of drug-likeness (QED) is 0.410. The predicted molar refractivity (Wildman–Crippen MR) is 133 cm³/mol. The van der Waals surface area contributed by atoms with Gasteiger partial charge in [-0.2, -0.15) is 5.10 Å². The van der Waals surface area contributed by atoms with Crippen molar-refractivity contribution in [3.05, 3.63) is 95.3 Å². The molecule has 1 aliphatic heterocycles. The van der Waals surface area contributed by atoms with Crippen LogP contribution in [0.3, 0.4) is 0 Å². The van der Waals surface area contributed by atoms with E-state index in [2.05, 4.69) is 20.3 Å². The maximum absolute atomic E-state index is 13.2. The van der Waals surface area contributed by atoms with E-state index in [0.29, 0.717) is 0 Å². The summed E-state index contributed by atoms with van der Waals surface area (Å²) in [4.78, 5) is 16.8. The molecule has 7 heteroatoms. The smallest absolute Gasteiger partial charge is 0.244 e. The Labute approximate surface area is 199 Å². The van der Waals surface area contributed by atoms with Crippen molar-refractivity contribution in [3.63, 3.8) is 0 Å². The summed E-state index contributed by atoms with van der Waals surface area (Å²) in [7, 11) is 1.67. The van der Waals surface area contributed by atoms with Crippen LogP contribution in [0.1, 0.15) is 16.7 Å². The summed E-state index contributed by atoms with van der Waals surface area (Å²) in [5, 5.41) is 4.12. The second-order valence-corrected chi connectivity index (χ2v) is 8.27. The summed E-state index contributed by atoms with van der Waals surface area (Å²) < 4.78 is 18.8. The highest BCUT2D eigenvalue weighted by Gasteiger charge is 2.19. The van der Waals surface area contributed by atoms with Crippen LogP contribution in [0.5, 0.6) is 5.75 Å². The number of hydrogen-bond acceptors (Lipinski definition) is 5. The molecular formula is C27H29FN4O2. The predicted octanol–water partition coefficient (Wildman–Crippen LogP) is 3.85. The maximum atomic E-state index is 13.2. The Bertz CT molecular complexity index is 1110. The average molecular weight is 461 g/mol. The Balaban J connectivity index is 1.33. The lowest BCUT2D eigenvalue weighted by Gasteiger charge is -2.36. The average Bonchev–Trinajstić information content (AvgIpc) is 2.86. The van der Waals surface area contributed by atoms with Gasteiger partial charge >= 0.3 is 0 Å². The molecule has 0 spiro atoms. The van der Waals surface area contributed by atoms with Crippen molar-refractivity contribution in [3.8, 4) is 5.75 Å². The van der Waals surface area contributed by atoms with E-state index in [1.807, 2.05) is 60.7 Å². The van der Waals surface area contributed by atoms with Gasteiger partial charge in [0.25, 0.3) is 0 Å². The fourth-order valence-corrected chi connectivity index (χ4v) is 4.06. The third-order valence-corrected chi connectivity index (χ3v) is 5.87. The third-order valence-electron chi connectivity index (χ3n) is 5.87. The molecule has 6 nitrogen and oxygen atoms in total. The van der Waals surface area contributed by atoms with E-state index in [1.54, 1.807) is 13.3 Å². The summed E-state index contributed by atoms with van der Waals surface area (Å²) >= 11 is 0.